The van der Waals surface area contributed by atoms with Gasteiger partial charge in [0.05, 0.1) is 7.11 Å². The predicted octanol–water partition coefficient (Wildman–Crippen LogP) is 2.66. The van der Waals surface area contributed by atoms with Gasteiger partial charge in [-0.2, -0.15) is 0 Å². The SMILES string of the molecule is COc1ccc(C2=CC(=O)O[C@@H]2Cc2ccc(O)cc2)c(O)c1. The molecule has 1 atom stereocenters. The normalized spacial score (nSPS) is 16.8. The molecular formula is C18H16O5. The summed E-state index contributed by atoms with van der Waals surface area (Å²) in [6.07, 6.45) is 1.38. The number of phenolic OH excluding ortho intramolecular Hbond substituents is 2. The Morgan fingerprint density at radius 2 is 1.87 bits per heavy atom. The van der Waals surface area contributed by atoms with E-state index in [2.05, 4.69) is 0 Å². The van der Waals surface area contributed by atoms with Gasteiger partial charge in [-0.05, 0) is 29.8 Å². The molecule has 0 bridgehead atoms. The van der Waals surface area contributed by atoms with Crippen molar-refractivity contribution in [3.8, 4) is 17.2 Å². The molecule has 1 aliphatic heterocycles. The Hall–Kier alpha value is -2.95. The van der Waals surface area contributed by atoms with Crippen molar-refractivity contribution in [3.63, 3.8) is 0 Å². The van der Waals surface area contributed by atoms with Gasteiger partial charge in [-0.25, -0.2) is 4.79 Å². The molecule has 1 aliphatic rings. The van der Waals surface area contributed by atoms with E-state index in [1.54, 1.807) is 36.4 Å². The Bertz CT molecular complexity index is 761. The van der Waals surface area contributed by atoms with Crippen molar-refractivity contribution < 1.29 is 24.5 Å². The Labute approximate surface area is 133 Å². The van der Waals surface area contributed by atoms with Crippen molar-refractivity contribution in [1.29, 1.82) is 0 Å². The lowest BCUT2D eigenvalue weighted by molar-refractivity contribution is -0.138. The smallest absolute Gasteiger partial charge is 0.331 e. The first-order valence-electron chi connectivity index (χ1n) is 7.14. The molecule has 0 fully saturated rings. The van der Waals surface area contributed by atoms with Crippen molar-refractivity contribution >= 4 is 11.5 Å². The van der Waals surface area contributed by atoms with Gasteiger partial charge < -0.3 is 19.7 Å². The van der Waals surface area contributed by atoms with Crippen LogP contribution in [-0.4, -0.2) is 29.4 Å². The molecule has 0 amide bonds. The molecule has 2 aromatic carbocycles. The van der Waals surface area contributed by atoms with E-state index in [-0.39, 0.29) is 11.5 Å². The van der Waals surface area contributed by atoms with Crippen LogP contribution in [0, 0.1) is 0 Å². The maximum atomic E-state index is 11.7. The second-order valence-corrected chi connectivity index (χ2v) is 5.28. The van der Waals surface area contributed by atoms with Crippen LogP contribution in [0.5, 0.6) is 17.2 Å². The molecule has 0 saturated carbocycles. The minimum absolute atomic E-state index is 0.0320. The van der Waals surface area contributed by atoms with Gasteiger partial charge in [0.1, 0.15) is 23.4 Å². The van der Waals surface area contributed by atoms with Gasteiger partial charge in [0.2, 0.25) is 0 Å². The molecule has 0 saturated heterocycles. The molecule has 5 nitrogen and oxygen atoms in total. The highest BCUT2D eigenvalue weighted by Crippen LogP contribution is 2.35. The van der Waals surface area contributed by atoms with Gasteiger partial charge in [-0.1, -0.05) is 12.1 Å². The lowest BCUT2D eigenvalue weighted by atomic mass is 9.95. The van der Waals surface area contributed by atoms with E-state index in [0.29, 0.717) is 23.3 Å². The fourth-order valence-corrected chi connectivity index (χ4v) is 2.59. The highest BCUT2D eigenvalue weighted by atomic mass is 16.5. The number of phenols is 2. The van der Waals surface area contributed by atoms with Crippen LogP contribution in [0.4, 0.5) is 0 Å². The molecule has 2 aromatic rings. The van der Waals surface area contributed by atoms with Crippen LogP contribution in [0.15, 0.2) is 48.5 Å². The zero-order valence-corrected chi connectivity index (χ0v) is 12.5. The largest absolute Gasteiger partial charge is 0.508 e. The van der Waals surface area contributed by atoms with Crippen molar-refractivity contribution in [2.75, 3.05) is 7.11 Å². The molecule has 2 N–H and O–H groups in total. The average Bonchev–Trinajstić information content (AvgIpc) is 2.89. The number of cyclic esters (lactones) is 1. The lowest BCUT2D eigenvalue weighted by Gasteiger charge is -2.16. The second-order valence-electron chi connectivity index (χ2n) is 5.28. The van der Waals surface area contributed by atoms with Crippen molar-refractivity contribution in [2.24, 2.45) is 0 Å². The minimum atomic E-state index is -0.480. The number of carbonyl (C=O) groups is 1. The Kier molecular flexibility index (Phi) is 3.93. The van der Waals surface area contributed by atoms with Crippen LogP contribution in [0.2, 0.25) is 0 Å². The summed E-state index contributed by atoms with van der Waals surface area (Å²) < 4.78 is 10.4. The van der Waals surface area contributed by atoms with Gasteiger partial charge in [-0.15, -0.1) is 0 Å². The van der Waals surface area contributed by atoms with E-state index in [0.717, 1.165) is 5.56 Å². The van der Waals surface area contributed by atoms with E-state index in [4.69, 9.17) is 9.47 Å². The van der Waals surface area contributed by atoms with Crippen LogP contribution in [0.1, 0.15) is 11.1 Å². The molecular weight excluding hydrogens is 296 g/mol. The molecule has 5 heteroatoms. The predicted molar refractivity (Wildman–Crippen MR) is 84.3 cm³/mol. The number of methoxy groups -OCH3 is 1. The van der Waals surface area contributed by atoms with Crippen molar-refractivity contribution in [1.82, 2.24) is 0 Å². The molecule has 0 aliphatic carbocycles. The number of ether oxygens (including phenoxy) is 2. The third kappa shape index (κ3) is 3.13. The van der Waals surface area contributed by atoms with E-state index >= 15 is 0 Å². The lowest BCUT2D eigenvalue weighted by Crippen LogP contribution is -2.14. The Morgan fingerprint density at radius 1 is 1.13 bits per heavy atom. The number of benzene rings is 2. The first kappa shape index (κ1) is 15.0. The van der Waals surface area contributed by atoms with E-state index in [9.17, 15) is 15.0 Å². The molecule has 1 heterocycles. The summed E-state index contributed by atoms with van der Waals surface area (Å²) in [7, 11) is 1.52. The summed E-state index contributed by atoms with van der Waals surface area (Å²) in [5, 5.41) is 19.5. The Morgan fingerprint density at radius 3 is 2.52 bits per heavy atom. The topological polar surface area (TPSA) is 76.0 Å². The van der Waals surface area contributed by atoms with Crippen molar-refractivity contribution in [3.05, 3.63) is 59.7 Å². The van der Waals surface area contributed by atoms with E-state index < -0.39 is 12.1 Å². The van der Waals surface area contributed by atoms with Gasteiger partial charge in [-0.3, -0.25) is 0 Å². The quantitative estimate of drug-likeness (QED) is 0.849. The summed E-state index contributed by atoms with van der Waals surface area (Å²) in [4.78, 5) is 11.7. The molecule has 118 valence electrons. The molecule has 0 unspecified atom stereocenters. The number of hydrogen-bond acceptors (Lipinski definition) is 5. The summed E-state index contributed by atoms with van der Waals surface area (Å²) in [6.45, 7) is 0. The van der Waals surface area contributed by atoms with Crippen LogP contribution >= 0.6 is 0 Å². The molecule has 0 spiro atoms. The third-order valence-corrected chi connectivity index (χ3v) is 3.75. The van der Waals surface area contributed by atoms with Crippen LogP contribution in [0.25, 0.3) is 5.57 Å². The number of rotatable bonds is 4. The van der Waals surface area contributed by atoms with Crippen LogP contribution in [0.3, 0.4) is 0 Å². The summed E-state index contributed by atoms with van der Waals surface area (Å²) >= 11 is 0. The Balaban J connectivity index is 1.88. The first-order valence-corrected chi connectivity index (χ1v) is 7.14. The van der Waals surface area contributed by atoms with Crippen molar-refractivity contribution in [2.45, 2.75) is 12.5 Å². The number of carbonyl (C=O) groups excluding carboxylic acids is 1. The van der Waals surface area contributed by atoms with Gasteiger partial charge in [0, 0.05) is 29.7 Å². The highest BCUT2D eigenvalue weighted by Gasteiger charge is 2.29. The first-order chi connectivity index (χ1) is 11.1. The molecule has 3 rings (SSSR count). The second kappa shape index (κ2) is 6.04. The van der Waals surface area contributed by atoms with E-state index in [1.807, 2.05) is 0 Å². The highest BCUT2D eigenvalue weighted by molar-refractivity contribution is 5.98. The zero-order chi connectivity index (χ0) is 16.4. The number of esters is 1. The number of aromatic hydroxyl groups is 2. The standard InChI is InChI=1S/C18H16O5/c1-22-13-6-7-14(16(20)9-13)15-10-18(21)23-17(15)8-11-2-4-12(19)5-3-11/h2-7,9-10,17,19-20H,8H2,1H3/t17-/m1/s1. The van der Waals surface area contributed by atoms with Crippen LogP contribution < -0.4 is 4.74 Å². The monoisotopic (exact) mass is 312 g/mol. The summed E-state index contributed by atoms with van der Waals surface area (Å²) in [5.41, 5.74) is 2.09. The molecule has 0 radical (unpaired) electrons. The van der Waals surface area contributed by atoms with Crippen LogP contribution in [-0.2, 0) is 16.0 Å². The summed E-state index contributed by atoms with van der Waals surface area (Å²) in [6, 6.07) is 11.6. The summed E-state index contributed by atoms with van der Waals surface area (Å²) in [5.74, 6) is 0.316. The van der Waals surface area contributed by atoms with Gasteiger partial charge >= 0.3 is 5.97 Å². The fraction of sp³-hybridized carbons (Fsp3) is 0.167. The molecule has 23 heavy (non-hydrogen) atoms. The van der Waals surface area contributed by atoms with Gasteiger partial charge in [0.25, 0.3) is 0 Å². The maximum absolute atomic E-state index is 11.7. The average molecular weight is 312 g/mol. The number of hydrogen-bond donors (Lipinski definition) is 2. The fourth-order valence-electron chi connectivity index (χ4n) is 2.59. The minimum Gasteiger partial charge on any atom is -0.508 e. The maximum Gasteiger partial charge on any atom is 0.331 e. The molecule has 0 aromatic heterocycles. The van der Waals surface area contributed by atoms with Gasteiger partial charge in [0.15, 0.2) is 0 Å². The third-order valence-electron chi connectivity index (χ3n) is 3.75. The zero-order valence-electron chi connectivity index (χ0n) is 12.5. The van der Waals surface area contributed by atoms with E-state index in [1.165, 1.54) is 19.3 Å².